The van der Waals surface area contributed by atoms with Gasteiger partial charge in [-0.3, -0.25) is 0 Å². The number of nitrogens with zero attached hydrogens (tertiary/aromatic N) is 5. The van der Waals surface area contributed by atoms with Gasteiger partial charge in [0.1, 0.15) is 0 Å². The van der Waals surface area contributed by atoms with E-state index in [1.165, 1.54) is 11.3 Å². The van der Waals surface area contributed by atoms with Crippen molar-refractivity contribution < 1.29 is 5.11 Å². The molecule has 8 heteroatoms. The molecule has 0 bridgehead atoms. The molecule has 2 heterocycles. The van der Waals surface area contributed by atoms with E-state index in [2.05, 4.69) is 30.4 Å². The molecule has 2 aromatic heterocycles. The normalized spacial score (nSPS) is 11.9. The summed E-state index contributed by atoms with van der Waals surface area (Å²) in [5.41, 5.74) is 2.69. The molecule has 0 aliphatic rings. The third-order valence-electron chi connectivity index (χ3n) is 3.67. The summed E-state index contributed by atoms with van der Waals surface area (Å²) in [7, 11) is 0. The predicted octanol–water partition coefficient (Wildman–Crippen LogP) is 6.47. The summed E-state index contributed by atoms with van der Waals surface area (Å²) >= 11 is 1.29. The Kier molecular flexibility index (Phi) is 4.24. The third-order valence-corrected chi connectivity index (χ3v) is 4.59. The summed E-state index contributed by atoms with van der Waals surface area (Å²) < 4.78 is 0. The van der Waals surface area contributed by atoms with Crippen LogP contribution in [0.25, 0.3) is 10.9 Å². The van der Waals surface area contributed by atoms with E-state index in [-0.39, 0.29) is 5.88 Å². The van der Waals surface area contributed by atoms with Crippen molar-refractivity contribution in [1.29, 1.82) is 0 Å². The van der Waals surface area contributed by atoms with Crippen LogP contribution in [0.15, 0.2) is 75.1 Å². The van der Waals surface area contributed by atoms with Gasteiger partial charge in [-0.1, -0.05) is 47.7 Å². The van der Waals surface area contributed by atoms with Crippen molar-refractivity contribution in [2.45, 2.75) is 6.92 Å². The highest BCUT2D eigenvalue weighted by Crippen LogP contribution is 2.38. The minimum absolute atomic E-state index is 0.0211. The van der Waals surface area contributed by atoms with Crippen molar-refractivity contribution in [3.05, 3.63) is 60.3 Å². The third kappa shape index (κ3) is 3.22. The molecular weight excluding hydrogens is 348 g/mol. The Bertz CT molecular complexity index is 1110. The molecule has 7 nitrogen and oxygen atoms in total. The van der Waals surface area contributed by atoms with Crippen LogP contribution in [0.1, 0.15) is 5.69 Å². The molecule has 0 aliphatic heterocycles. The van der Waals surface area contributed by atoms with E-state index in [0.29, 0.717) is 15.8 Å². The Hall–Kier alpha value is -3.39. The molecule has 128 valence electrons. The molecule has 0 fully saturated rings. The van der Waals surface area contributed by atoms with Crippen molar-refractivity contribution in [2.75, 3.05) is 0 Å². The fourth-order valence-electron chi connectivity index (χ4n) is 2.41. The number of thiazole rings is 1. The molecule has 0 amide bonds. The fraction of sp³-hybridized carbons (Fsp3) is 0.0556. The molecule has 0 radical (unpaired) electrons. The van der Waals surface area contributed by atoms with Crippen molar-refractivity contribution in [1.82, 2.24) is 9.97 Å². The van der Waals surface area contributed by atoms with Crippen LogP contribution in [0.3, 0.4) is 0 Å². The first kappa shape index (κ1) is 16.1. The lowest BCUT2D eigenvalue weighted by molar-refractivity contribution is 0.459. The van der Waals surface area contributed by atoms with Crippen molar-refractivity contribution in [3.8, 4) is 5.88 Å². The zero-order valence-electron chi connectivity index (χ0n) is 13.8. The minimum atomic E-state index is -0.0211. The van der Waals surface area contributed by atoms with E-state index in [4.69, 9.17) is 0 Å². The quantitative estimate of drug-likeness (QED) is 0.407. The van der Waals surface area contributed by atoms with E-state index in [1.807, 2.05) is 61.5 Å². The van der Waals surface area contributed by atoms with E-state index in [9.17, 15) is 5.11 Å². The minimum Gasteiger partial charge on any atom is -0.493 e. The highest BCUT2D eigenvalue weighted by Gasteiger charge is 2.11. The molecule has 0 aliphatic carbocycles. The van der Waals surface area contributed by atoms with Gasteiger partial charge in [0.2, 0.25) is 11.0 Å². The Morgan fingerprint density at radius 1 is 0.923 bits per heavy atom. The molecule has 26 heavy (non-hydrogen) atoms. The molecule has 4 rings (SSSR count). The Morgan fingerprint density at radius 3 is 2.54 bits per heavy atom. The summed E-state index contributed by atoms with van der Waals surface area (Å²) in [4.78, 5) is 7.21. The molecule has 0 unspecified atom stereocenters. The first-order valence-electron chi connectivity index (χ1n) is 7.86. The van der Waals surface area contributed by atoms with E-state index < -0.39 is 0 Å². The topological polar surface area (TPSA) is 98.3 Å². The van der Waals surface area contributed by atoms with Crippen LogP contribution >= 0.6 is 11.3 Å². The zero-order chi connectivity index (χ0) is 17.9. The SMILES string of the molecule is Cc1nc(N=Nc2c(O)[nH]c3ccccc23)sc1N=Nc1ccccc1. The van der Waals surface area contributed by atoms with Gasteiger partial charge in [0.15, 0.2) is 10.7 Å². The number of para-hydroxylation sites is 1. The molecule has 0 atom stereocenters. The number of aromatic hydroxyl groups is 1. The molecule has 4 aromatic rings. The van der Waals surface area contributed by atoms with Gasteiger partial charge in [-0.05, 0) is 25.1 Å². The molecule has 2 N–H and O–H groups in total. The molecule has 0 saturated heterocycles. The van der Waals surface area contributed by atoms with Crippen molar-refractivity contribution in [2.24, 2.45) is 20.5 Å². The number of nitrogens with one attached hydrogen (secondary N) is 1. The largest absolute Gasteiger partial charge is 0.493 e. The highest BCUT2D eigenvalue weighted by molar-refractivity contribution is 7.19. The Morgan fingerprint density at radius 2 is 1.69 bits per heavy atom. The number of aryl methyl sites for hydroxylation is 1. The van der Waals surface area contributed by atoms with Gasteiger partial charge in [-0.15, -0.1) is 20.5 Å². The Labute approximate surface area is 152 Å². The second kappa shape index (κ2) is 6.85. The zero-order valence-corrected chi connectivity index (χ0v) is 14.6. The van der Waals surface area contributed by atoms with Crippen molar-refractivity contribution in [3.63, 3.8) is 0 Å². The smallest absolute Gasteiger partial charge is 0.232 e. The van der Waals surface area contributed by atoms with Crippen LogP contribution in [0.2, 0.25) is 0 Å². The maximum atomic E-state index is 10.0. The summed E-state index contributed by atoms with van der Waals surface area (Å²) in [6.45, 7) is 1.85. The van der Waals surface area contributed by atoms with Gasteiger partial charge in [-0.2, -0.15) is 0 Å². The number of H-pyrrole nitrogens is 1. The summed E-state index contributed by atoms with van der Waals surface area (Å²) in [6.07, 6.45) is 0. The number of aromatic nitrogens is 2. The first-order chi connectivity index (χ1) is 12.7. The highest BCUT2D eigenvalue weighted by atomic mass is 32.1. The van der Waals surface area contributed by atoms with Crippen LogP contribution in [-0.4, -0.2) is 15.1 Å². The van der Waals surface area contributed by atoms with Crippen LogP contribution in [0.5, 0.6) is 5.88 Å². The van der Waals surface area contributed by atoms with Crippen LogP contribution < -0.4 is 0 Å². The van der Waals surface area contributed by atoms with Gasteiger partial charge in [0.25, 0.3) is 0 Å². The van der Waals surface area contributed by atoms with E-state index in [1.54, 1.807) is 0 Å². The number of rotatable bonds is 4. The number of aromatic amines is 1. The second-order valence-corrected chi connectivity index (χ2v) is 6.45. The van der Waals surface area contributed by atoms with Gasteiger partial charge in [-0.25, -0.2) is 4.98 Å². The van der Waals surface area contributed by atoms with Crippen LogP contribution in [-0.2, 0) is 0 Å². The van der Waals surface area contributed by atoms with Crippen molar-refractivity contribution >= 4 is 43.7 Å². The van der Waals surface area contributed by atoms with Crippen LogP contribution in [0.4, 0.5) is 21.5 Å². The van der Waals surface area contributed by atoms with Gasteiger partial charge in [0, 0.05) is 5.39 Å². The fourth-order valence-corrected chi connectivity index (χ4v) is 3.13. The second-order valence-electron chi connectivity index (χ2n) is 5.49. The summed E-state index contributed by atoms with van der Waals surface area (Å²) in [6, 6.07) is 17.0. The predicted molar refractivity (Wildman–Crippen MR) is 102 cm³/mol. The maximum Gasteiger partial charge on any atom is 0.232 e. The number of hydrogen-bond acceptors (Lipinski definition) is 7. The van der Waals surface area contributed by atoms with Gasteiger partial charge < -0.3 is 10.1 Å². The molecular formula is C18H14N6OS. The lowest BCUT2D eigenvalue weighted by atomic mass is 10.2. The molecule has 2 aromatic carbocycles. The maximum absolute atomic E-state index is 10.0. The molecule has 0 saturated carbocycles. The van der Waals surface area contributed by atoms with E-state index >= 15 is 0 Å². The number of fused-ring (bicyclic) bond motifs is 1. The average molecular weight is 362 g/mol. The molecule has 0 spiro atoms. The standard InChI is InChI=1S/C18H14N6OS/c1-11-17(23-21-12-7-3-2-4-8-12)26-18(19-11)24-22-15-13-9-5-6-10-14(13)20-16(15)25/h2-10,20,25H,1H3. The number of azo groups is 2. The van der Waals surface area contributed by atoms with E-state index in [0.717, 1.165) is 22.3 Å². The number of hydrogen-bond donors (Lipinski definition) is 2. The van der Waals surface area contributed by atoms with Gasteiger partial charge >= 0.3 is 0 Å². The number of benzene rings is 2. The van der Waals surface area contributed by atoms with Gasteiger partial charge in [0.05, 0.1) is 16.9 Å². The first-order valence-corrected chi connectivity index (χ1v) is 8.68. The van der Waals surface area contributed by atoms with Crippen LogP contribution in [0, 0.1) is 6.92 Å². The summed E-state index contributed by atoms with van der Waals surface area (Å²) in [5, 5.41) is 28.7. The lowest BCUT2D eigenvalue weighted by Crippen LogP contribution is -1.68. The monoisotopic (exact) mass is 362 g/mol. The summed E-state index contributed by atoms with van der Waals surface area (Å²) in [5.74, 6) is -0.0211. The average Bonchev–Trinajstić information content (AvgIpc) is 3.17. The lowest BCUT2D eigenvalue weighted by Gasteiger charge is -1.89. The Balaban J connectivity index is 1.60.